The average Bonchev–Trinajstić information content (AvgIpc) is 2.29. The van der Waals surface area contributed by atoms with E-state index in [1.807, 2.05) is 0 Å². The number of carbonyl (C=O) groups excluding carboxylic acids is 2. The molecule has 0 aromatic heterocycles. The topological polar surface area (TPSA) is 84.2 Å². The molecular weight excluding hydrogens is 266 g/mol. The summed E-state index contributed by atoms with van der Waals surface area (Å²) in [5, 5.41) is 5.71. The van der Waals surface area contributed by atoms with E-state index in [2.05, 4.69) is 10.6 Å². The van der Waals surface area contributed by atoms with Gasteiger partial charge in [-0.3, -0.25) is 9.59 Å². The van der Waals surface area contributed by atoms with Crippen LogP contribution < -0.4 is 16.4 Å². The van der Waals surface area contributed by atoms with Crippen LogP contribution in [0.15, 0.2) is 18.2 Å². The van der Waals surface area contributed by atoms with Crippen molar-refractivity contribution in [1.29, 1.82) is 0 Å². The zero-order chi connectivity index (χ0) is 14.0. The molecule has 0 heterocycles. The molecule has 0 aliphatic heterocycles. The van der Waals surface area contributed by atoms with E-state index >= 15 is 0 Å². The van der Waals surface area contributed by atoms with Crippen LogP contribution in [0.3, 0.4) is 0 Å². The second-order valence-electron chi connectivity index (χ2n) is 4.84. The van der Waals surface area contributed by atoms with Gasteiger partial charge in [-0.1, -0.05) is 11.6 Å². The third-order valence-electron chi connectivity index (χ3n) is 3.24. The molecule has 19 heavy (non-hydrogen) atoms. The number of nitrogens with one attached hydrogen (secondary N) is 2. The molecule has 1 aliphatic carbocycles. The van der Waals surface area contributed by atoms with Crippen LogP contribution in [0.1, 0.15) is 26.2 Å². The Morgan fingerprint density at radius 2 is 2.00 bits per heavy atom. The molecule has 5 nitrogen and oxygen atoms in total. The number of anilines is 2. The van der Waals surface area contributed by atoms with Gasteiger partial charge in [0.05, 0.1) is 16.2 Å². The number of hydrogen-bond acceptors (Lipinski definition) is 3. The average molecular weight is 282 g/mol. The lowest BCUT2D eigenvalue weighted by Gasteiger charge is -2.36. The van der Waals surface area contributed by atoms with Gasteiger partial charge >= 0.3 is 0 Å². The number of hydrogen-bond donors (Lipinski definition) is 3. The zero-order valence-corrected chi connectivity index (χ0v) is 11.4. The third-order valence-corrected chi connectivity index (χ3v) is 3.55. The molecule has 0 atom stereocenters. The Balaban J connectivity index is 2.07. The van der Waals surface area contributed by atoms with Crippen LogP contribution in [-0.4, -0.2) is 17.4 Å². The maximum absolute atomic E-state index is 11.9. The van der Waals surface area contributed by atoms with E-state index in [0.29, 0.717) is 29.2 Å². The first-order valence-electron chi connectivity index (χ1n) is 6.08. The fourth-order valence-corrected chi connectivity index (χ4v) is 2.15. The van der Waals surface area contributed by atoms with Crippen LogP contribution in [0.2, 0.25) is 5.02 Å². The van der Waals surface area contributed by atoms with E-state index in [1.165, 1.54) is 6.92 Å². The summed E-state index contributed by atoms with van der Waals surface area (Å²) in [6.07, 6.45) is 2.39. The zero-order valence-electron chi connectivity index (χ0n) is 10.6. The van der Waals surface area contributed by atoms with Crippen molar-refractivity contribution in [1.82, 2.24) is 0 Å². The Kier molecular flexibility index (Phi) is 3.78. The Hall–Kier alpha value is -1.59. The third kappa shape index (κ3) is 3.05. The standard InChI is InChI=1S/C13H16ClN3O2/c1-8(18)16-11-4-3-9(7-10(11)14)17-12(19)13(15)5-2-6-13/h3-4,7H,2,5-6,15H2,1H3,(H,16,18)(H,17,19). The summed E-state index contributed by atoms with van der Waals surface area (Å²) in [4.78, 5) is 22.9. The van der Waals surface area contributed by atoms with Gasteiger partial charge in [0, 0.05) is 12.6 Å². The monoisotopic (exact) mass is 281 g/mol. The van der Waals surface area contributed by atoms with Gasteiger partial charge in [0.2, 0.25) is 11.8 Å². The Bertz CT molecular complexity index is 527. The van der Waals surface area contributed by atoms with Gasteiger partial charge in [0.25, 0.3) is 0 Å². The van der Waals surface area contributed by atoms with E-state index in [4.69, 9.17) is 17.3 Å². The summed E-state index contributed by atoms with van der Waals surface area (Å²) >= 11 is 6.02. The summed E-state index contributed by atoms with van der Waals surface area (Å²) in [5.41, 5.74) is 6.26. The van der Waals surface area contributed by atoms with Crippen molar-refractivity contribution in [3.05, 3.63) is 23.2 Å². The second kappa shape index (κ2) is 5.19. The highest BCUT2D eigenvalue weighted by atomic mass is 35.5. The smallest absolute Gasteiger partial charge is 0.244 e. The van der Waals surface area contributed by atoms with E-state index in [1.54, 1.807) is 18.2 Å². The molecule has 102 valence electrons. The molecule has 1 saturated carbocycles. The Morgan fingerprint density at radius 3 is 2.47 bits per heavy atom. The molecule has 4 N–H and O–H groups in total. The van der Waals surface area contributed by atoms with Gasteiger partial charge in [-0.25, -0.2) is 0 Å². The predicted octanol–water partition coefficient (Wildman–Crippen LogP) is 2.12. The number of rotatable bonds is 3. The van der Waals surface area contributed by atoms with Gasteiger partial charge in [0.1, 0.15) is 0 Å². The highest BCUT2D eigenvalue weighted by molar-refractivity contribution is 6.34. The highest BCUT2D eigenvalue weighted by Crippen LogP contribution is 2.31. The highest BCUT2D eigenvalue weighted by Gasteiger charge is 2.40. The second-order valence-corrected chi connectivity index (χ2v) is 5.25. The normalized spacial score (nSPS) is 16.4. The van der Waals surface area contributed by atoms with Gasteiger partial charge in [0.15, 0.2) is 0 Å². The van der Waals surface area contributed by atoms with E-state index in [9.17, 15) is 9.59 Å². The lowest BCUT2D eigenvalue weighted by molar-refractivity contribution is -0.123. The number of carbonyl (C=O) groups is 2. The molecule has 1 fully saturated rings. The molecule has 1 aromatic rings. The largest absolute Gasteiger partial charge is 0.325 e. The lowest BCUT2D eigenvalue weighted by atomic mass is 9.77. The molecule has 0 spiro atoms. The van der Waals surface area contributed by atoms with Crippen molar-refractivity contribution in [2.75, 3.05) is 10.6 Å². The van der Waals surface area contributed by atoms with E-state index < -0.39 is 5.54 Å². The SMILES string of the molecule is CC(=O)Nc1ccc(NC(=O)C2(N)CCC2)cc1Cl. The number of halogens is 1. The first kappa shape index (κ1) is 13.8. The summed E-state index contributed by atoms with van der Waals surface area (Å²) in [6.45, 7) is 1.40. The summed E-state index contributed by atoms with van der Waals surface area (Å²) in [5.74, 6) is -0.392. The molecule has 1 aromatic carbocycles. The first-order chi connectivity index (χ1) is 8.90. The van der Waals surface area contributed by atoms with Crippen LogP contribution in [0.25, 0.3) is 0 Å². The molecule has 0 radical (unpaired) electrons. The molecule has 6 heteroatoms. The van der Waals surface area contributed by atoms with Crippen LogP contribution >= 0.6 is 11.6 Å². The molecule has 0 bridgehead atoms. The van der Waals surface area contributed by atoms with Crippen molar-refractivity contribution in [3.8, 4) is 0 Å². The summed E-state index contributed by atoms with van der Waals surface area (Å²) < 4.78 is 0. The van der Waals surface area contributed by atoms with E-state index in [-0.39, 0.29) is 11.8 Å². The Morgan fingerprint density at radius 1 is 1.32 bits per heavy atom. The number of amides is 2. The molecular formula is C13H16ClN3O2. The fourth-order valence-electron chi connectivity index (χ4n) is 1.92. The van der Waals surface area contributed by atoms with E-state index in [0.717, 1.165) is 6.42 Å². The van der Waals surface area contributed by atoms with Gasteiger partial charge in [-0.15, -0.1) is 0 Å². The minimum absolute atomic E-state index is 0.193. The minimum Gasteiger partial charge on any atom is -0.325 e. The molecule has 2 rings (SSSR count). The van der Waals surface area contributed by atoms with Crippen LogP contribution in [-0.2, 0) is 9.59 Å². The number of nitrogens with two attached hydrogens (primary N) is 1. The minimum atomic E-state index is -0.747. The first-order valence-corrected chi connectivity index (χ1v) is 6.46. The maximum atomic E-state index is 11.9. The molecule has 2 amide bonds. The van der Waals surface area contributed by atoms with Crippen molar-refractivity contribution >= 4 is 34.8 Å². The van der Waals surface area contributed by atoms with Crippen molar-refractivity contribution in [3.63, 3.8) is 0 Å². The quantitative estimate of drug-likeness (QED) is 0.793. The molecule has 0 unspecified atom stereocenters. The predicted molar refractivity (Wildman–Crippen MR) is 75.2 cm³/mol. The van der Waals surface area contributed by atoms with Gasteiger partial charge in [-0.05, 0) is 37.5 Å². The van der Waals surface area contributed by atoms with Crippen LogP contribution in [0.5, 0.6) is 0 Å². The van der Waals surface area contributed by atoms with Crippen molar-refractivity contribution in [2.24, 2.45) is 5.73 Å². The fraction of sp³-hybridized carbons (Fsp3) is 0.385. The number of benzene rings is 1. The molecule has 1 aliphatic rings. The van der Waals surface area contributed by atoms with Gasteiger partial charge in [-0.2, -0.15) is 0 Å². The van der Waals surface area contributed by atoms with Crippen molar-refractivity contribution in [2.45, 2.75) is 31.7 Å². The lowest BCUT2D eigenvalue weighted by Crippen LogP contribution is -2.56. The van der Waals surface area contributed by atoms with Crippen LogP contribution in [0, 0.1) is 0 Å². The van der Waals surface area contributed by atoms with Crippen LogP contribution in [0.4, 0.5) is 11.4 Å². The summed E-state index contributed by atoms with van der Waals surface area (Å²) in [7, 11) is 0. The maximum Gasteiger partial charge on any atom is 0.244 e. The van der Waals surface area contributed by atoms with Gasteiger partial charge < -0.3 is 16.4 Å². The summed E-state index contributed by atoms with van der Waals surface area (Å²) in [6, 6.07) is 4.91. The Labute approximate surface area is 116 Å². The van der Waals surface area contributed by atoms with Crippen molar-refractivity contribution < 1.29 is 9.59 Å². The molecule has 0 saturated heterocycles.